The van der Waals surface area contributed by atoms with Crippen LogP contribution in [0.3, 0.4) is 0 Å². The number of ether oxygens (including phenoxy) is 2. The van der Waals surface area contributed by atoms with Crippen molar-refractivity contribution in [1.82, 2.24) is 19.5 Å². The third-order valence-electron chi connectivity index (χ3n) is 5.31. The van der Waals surface area contributed by atoms with Crippen LogP contribution in [0, 0.1) is 11.3 Å². The second kappa shape index (κ2) is 8.57. The van der Waals surface area contributed by atoms with E-state index in [-0.39, 0.29) is 11.6 Å². The van der Waals surface area contributed by atoms with Crippen LogP contribution in [0.5, 0.6) is 0 Å². The normalized spacial score (nSPS) is 14.9. The van der Waals surface area contributed by atoms with Crippen LogP contribution in [0.1, 0.15) is 31.7 Å². The Kier molecular flexibility index (Phi) is 5.71. The molecule has 4 rings (SSSR count). The highest BCUT2D eigenvalue weighted by atomic mass is 16.5. The fraction of sp³-hybridized carbons (Fsp3) is 0.429. The second-order valence-electron chi connectivity index (χ2n) is 7.19. The molecule has 0 aliphatic carbocycles. The minimum atomic E-state index is -0.176. The van der Waals surface area contributed by atoms with Crippen LogP contribution in [-0.4, -0.2) is 45.2 Å². The average molecular weight is 395 g/mol. The molecule has 8 heteroatoms. The highest BCUT2D eigenvalue weighted by Crippen LogP contribution is 2.21. The van der Waals surface area contributed by atoms with Gasteiger partial charge in [0.1, 0.15) is 0 Å². The third-order valence-corrected chi connectivity index (χ3v) is 5.31. The van der Waals surface area contributed by atoms with Crippen molar-refractivity contribution in [2.75, 3.05) is 19.8 Å². The van der Waals surface area contributed by atoms with Crippen molar-refractivity contribution in [1.29, 1.82) is 5.41 Å². The average Bonchev–Trinajstić information content (AvgIpc) is 3.07. The Hall–Kier alpha value is -3.00. The van der Waals surface area contributed by atoms with Gasteiger partial charge in [-0.05, 0) is 44.2 Å². The van der Waals surface area contributed by atoms with Crippen LogP contribution in [0.4, 0.5) is 0 Å². The van der Waals surface area contributed by atoms with Crippen LogP contribution in [0.15, 0.2) is 35.3 Å². The first-order valence-electron chi connectivity index (χ1n) is 10.0. The molecule has 0 atom stereocenters. The molecule has 0 bridgehead atoms. The number of benzene rings is 1. The Morgan fingerprint density at radius 1 is 1.31 bits per heavy atom. The molecule has 1 saturated heterocycles. The number of imidazole rings is 1. The molecule has 1 aromatic carbocycles. The van der Waals surface area contributed by atoms with Crippen molar-refractivity contribution in [2.24, 2.45) is 5.92 Å². The zero-order valence-electron chi connectivity index (χ0n) is 16.5. The van der Waals surface area contributed by atoms with E-state index in [0.717, 1.165) is 38.0 Å². The molecule has 1 fully saturated rings. The van der Waals surface area contributed by atoms with Gasteiger partial charge < -0.3 is 9.47 Å². The number of aromatic nitrogens is 4. The second-order valence-corrected chi connectivity index (χ2v) is 7.19. The molecule has 0 amide bonds. The van der Waals surface area contributed by atoms with Gasteiger partial charge in [0.25, 0.3) is 0 Å². The minimum Gasteiger partial charge on any atom is -0.478 e. The molecule has 8 nitrogen and oxygen atoms in total. The highest BCUT2D eigenvalue weighted by Gasteiger charge is 2.16. The van der Waals surface area contributed by atoms with Gasteiger partial charge in [-0.15, -0.1) is 0 Å². The zero-order valence-corrected chi connectivity index (χ0v) is 16.5. The van der Waals surface area contributed by atoms with Crippen LogP contribution >= 0.6 is 0 Å². The summed E-state index contributed by atoms with van der Waals surface area (Å²) in [4.78, 5) is 24.3. The standard InChI is InChI=1S/C21H25N5O3/c1-2-29-18(22)16-5-3-15(4-6-16)17-13-23-19-20(24-17)26(21(27)25-19)10-7-14-8-11-28-12-9-14/h3-6,13-14,22H,2,7-12H2,1H3,(H,23,25,27). The summed E-state index contributed by atoms with van der Waals surface area (Å²) < 4.78 is 12.3. The molecule has 1 aliphatic rings. The first-order valence-corrected chi connectivity index (χ1v) is 10.0. The Balaban J connectivity index is 1.58. The summed E-state index contributed by atoms with van der Waals surface area (Å²) in [6.45, 7) is 4.53. The van der Waals surface area contributed by atoms with E-state index in [9.17, 15) is 4.79 Å². The Labute approximate surface area is 168 Å². The van der Waals surface area contributed by atoms with Crippen LogP contribution in [-0.2, 0) is 16.0 Å². The fourth-order valence-corrected chi connectivity index (χ4v) is 3.63. The van der Waals surface area contributed by atoms with E-state index in [2.05, 4.69) is 9.97 Å². The number of hydrogen-bond acceptors (Lipinski definition) is 6. The topological polar surface area (TPSA) is 106 Å². The molecule has 29 heavy (non-hydrogen) atoms. The van der Waals surface area contributed by atoms with Crippen molar-refractivity contribution < 1.29 is 9.47 Å². The first kappa shape index (κ1) is 19.3. The lowest BCUT2D eigenvalue weighted by molar-refractivity contribution is 0.0626. The van der Waals surface area contributed by atoms with Gasteiger partial charge in [-0.25, -0.2) is 14.8 Å². The van der Waals surface area contributed by atoms with Crippen molar-refractivity contribution >= 4 is 17.2 Å². The molecule has 0 saturated carbocycles. The van der Waals surface area contributed by atoms with Gasteiger partial charge in [0, 0.05) is 30.9 Å². The number of hydrogen-bond donors (Lipinski definition) is 2. The van der Waals surface area contributed by atoms with E-state index in [0.29, 0.717) is 41.6 Å². The number of H-pyrrole nitrogens is 1. The van der Waals surface area contributed by atoms with E-state index < -0.39 is 0 Å². The van der Waals surface area contributed by atoms with Crippen molar-refractivity contribution in [3.63, 3.8) is 0 Å². The predicted molar refractivity (Wildman–Crippen MR) is 110 cm³/mol. The molecule has 2 aromatic heterocycles. The number of aryl methyl sites for hydroxylation is 1. The van der Waals surface area contributed by atoms with Gasteiger partial charge in [-0.1, -0.05) is 12.1 Å². The first-order chi connectivity index (χ1) is 14.2. The summed E-state index contributed by atoms with van der Waals surface area (Å²) >= 11 is 0. The minimum absolute atomic E-state index is 0.146. The Morgan fingerprint density at radius 2 is 2.07 bits per heavy atom. The fourth-order valence-electron chi connectivity index (χ4n) is 3.63. The van der Waals surface area contributed by atoms with Gasteiger partial charge in [0.05, 0.1) is 18.5 Å². The quantitative estimate of drug-likeness (QED) is 0.493. The van der Waals surface area contributed by atoms with Gasteiger partial charge in [-0.3, -0.25) is 15.0 Å². The van der Waals surface area contributed by atoms with Gasteiger partial charge in [0.15, 0.2) is 11.3 Å². The number of fused-ring (bicyclic) bond motifs is 1. The molecule has 3 aromatic rings. The predicted octanol–water partition coefficient (Wildman–Crippen LogP) is 2.97. The third kappa shape index (κ3) is 4.22. The van der Waals surface area contributed by atoms with Crippen LogP contribution in [0.2, 0.25) is 0 Å². The molecule has 0 spiro atoms. The number of rotatable bonds is 6. The molecule has 152 valence electrons. The summed E-state index contributed by atoms with van der Waals surface area (Å²) in [5, 5.41) is 7.87. The van der Waals surface area contributed by atoms with Gasteiger partial charge >= 0.3 is 5.69 Å². The lowest BCUT2D eigenvalue weighted by atomic mass is 9.97. The van der Waals surface area contributed by atoms with Crippen LogP contribution in [0.25, 0.3) is 22.6 Å². The van der Waals surface area contributed by atoms with Gasteiger partial charge in [-0.2, -0.15) is 0 Å². The van der Waals surface area contributed by atoms with Gasteiger partial charge in [0.2, 0.25) is 5.90 Å². The van der Waals surface area contributed by atoms with E-state index in [1.54, 1.807) is 10.8 Å². The lowest BCUT2D eigenvalue weighted by Crippen LogP contribution is -2.22. The maximum atomic E-state index is 12.4. The molecular formula is C21H25N5O3. The van der Waals surface area contributed by atoms with Crippen molar-refractivity contribution in [3.05, 3.63) is 46.5 Å². The summed E-state index contributed by atoms with van der Waals surface area (Å²) in [6, 6.07) is 7.43. The lowest BCUT2D eigenvalue weighted by Gasteiger charge is -2.21. The Bertz CT molecular complexity index is 1050. The van der Waals surface area contributed by atoms with Crippen molar-refractivity contribution in [2.45, 2.75) is 32.7 Å². The number of nitrogens with one attached hydrogen (secondary N) is 2. The van der Waals surface area contributed by atoms with E-state index in [1.807, 2.05) is 31.2 Å². The largest absolute Gasteiger partial charge is 0.478 e. The summed E-state index contributed by atoms with van der Waals surface area (Å²) in [7, 11) is 0. The molecule has 2 N–H and O–H groups in total. The van der Waals surface area contributed by atoms with Crippen LogP contribution < -0.4 is 5.69 Å². The molecule has 0 radical (unpaired) electrons. The SMILES string of the molecule is CCOC(=N)c1ccc(-c2cnc3[nH]c(=O)n(CCC4CCOCC4)c3n2)cc1. The zero-order chi connectivity index (χ0) is 20.2. The monoisotopic (exact) mass is 395 g/mol. The molecular weight excluding hydrogens is 370 g/mol. The number of aromatic amines is 1. The van der Waals surface area contributed by atoms with E-state index in [4.69, 9.17) is 19.9 Å². The molecule has 0 unspecified atom stereocenters. The summed E-state index contributed by atoms with van der Waals surface area (Å²) in [5.41, 5.74) is 3.17. The van der Waals surface area contributed by atoms with E-state index in [1.165, 1.54) is 0 Å². The maximum absolute atomic E-state index is 12.4. The van der Waals surface area contributed by atoms with Crippen molar-refractivity contribution in [3.8, 4) is 11.3 Å². The molecule has 1 aliphatic heterocycles. The smallest absolute Gasteiger partial charge is 0.328 e. The highest BCUT2D eigenvalue weighted by molar-refractivity contribution is 5.92. The number of nitrogens with zero attached hydrogens (tertiary/aromatic N) is 3. The summed E-state index contributed by atoms with van der Waals surface area (Å²) in [6.07, 6.45) is 4.66. The maximum Gasteiger partial charge on any atom is 0.328 e. The van der Waals surface area contributed by atoms with E-state index >= 15 is 0 Å². The molecule has 3 heterocycles. The summed E-state index contributed by atoms with van der Waals surface area (Å²) in [5.74, 6) is 0.720. The Morgan fingerprint density at radius 3 is 2.79 bits per heavy atom.